The first-order valence-electron chi connectivity index (χ1n) is 7.00. The molecule has 1 N–H and O–H groups in total. The van der Waals surface area contributed by atoms with Crippen molar-refractivity contribution in [2.45, 2.75) is 64.8 Å². The van der Waals surface area contributed by atoms with Crippen molar-refractivity contribution >= 4 is 0 Å². The first-order chi connectivity index (χ1) is 8.29. The van der Waals surface area contributed by atoms with E-state index in [0.29, 0.717) is 6.04 Å². The summed E-state index contributed by atoms with van der Waals surface area (Å²) in [6.45, 7) is 4.38. The fourth-order valence-corrected chi connectivity index (χ4v) is 2.28. The average molecular weight is 237 g/mol. The number of aryl methyl sites for hydroxylation is 1. The molecule has 0 radical (unpaired) electrons. The molecule has 2 heteroatoms. The summed E-state index contributed by atoms with van der Waals surface area (Å²) in [6, 6.07) is 2.43. The Morgan fingerprint density at radius 1 is 1.18 bits per heavy atom. The second-order valence-corrected chi connectivity index (χ2v) is 4.87. The van der Waals surface area contributed by atoms with E-state index < -0.39 is 0 Å². The summed E-state index contributed by atoms with van der Waals surface area (Å²) in [5.74, 6) is 1.11. The van der Waals surface area contributed by atoms with E-state index in [9.17, 15) is 0 Å². The maximum atomic E-state index is 5.55. The minimum absolute atomic E-state index is 0.385. The molecule has 0 spiro atoms. The van der Waals surface area contributed by atoms with Gasteiger partial charge in [0.2, 0.25) is 0 Å². The smallest absolute Gasteiger partial charge is 0.123 e. The predicted octanol–water partition coefficient (Wildman–Crippen LogP) is 4.60. The van der Waals surface area contributed by atoms with Gasteiger partial charge in [-0.1, -0.05) is 45.4 Å². The largest absolute Gasteiger partial charge is 0.467 e. The van der Waals surface area contributed by atoms with E-state index in [4.69, 9.17) is 4.42 Å². The number of hydrogen-bond donors (Lipinski definition) is 1. The normalized spacial score (nSPS) is 12.9. The lowest BCUT2D eigenvalue weighted by atomic mass is 10.0. The van der Waals surface area contributed by atoms with Gasteiger partial charge in [-0.05, 0) is 32.0 Å². The standard InChI is InChI=1S/C15H27NO/c1-4-5-6-7-8-9-10-14(16-3)15-13(2)11-12-17-15/h11-12,14,16H,4-10H2,1-3H3. The zero-order chi connectivity index (χ0) is 12.5. The second-order valence-electron chi connectivity index (χ2n) is 4.87. The minimum Gasteiger partial charge on any atom is -0.467 e. The van der Waals surface area contributed by atoms with Crippen molar-refractivity contribution in [3.8, 4) is 0 Å². The fraction of sp³-hybridized carbons (Fsp3) is 0.733. The molecule has 0 saturated carbocycles. The average Bonchev–Trinajstić information content (AvgIpc) is 2.75. The van der Waals surface area contributed by atoms with Gasteiger partial charge >= 0.3 is 0 Å². The monoisotopic (exact) mass is 237 g/mol. The molecule has 1 rings (SSSR count). The lowest BCUT2D eigenvalue weighted by molar-refractivity contribution is 0.399. The van der Waals surface area contributed by atoms with Crippen LogP contribution < -0.4 is 5.32 Å². The SMILES string of the molecule is CCCCCCCCC(NC)c1occc1C. The van der Waals surface area contributed by atoms with Gasteiger partial charge in [-0.25, -0.2) is 0 Å². The van der Waals surface area contributed by atoms with Crippen molar-refractivity contribution in [2.75, 3.05) is 7.05 Å². The van der Waals surface area contributed by atoms with Crippen LogP contribution in [0.1, 0.15) is 69.2 Å². The van der Waals surface area contributed by atoms with Crippen LogP contribution in [0, 0.1) is 6.92 Å². The van der Waals surface area contributed by atoms with Gasteiger partial charge in [0.05, 0.1) is 12.3 Å². The van der Waals surface area contributed by atoms with Crippen LogP contribution >= 0.6 is 0 Å². The zero-order valence-electron chi connectivity index (χ0n) is 11.6. The van der Waals surface area contributed by atoms with Gasteiger partial charge in [-0.3, -0.25) is 0 Å². The summed E-state index contributed by atoms with van der Waals surface area (Å²) in [7, 11) is 2.02. The third-order valence-electron chi connectivity index (χ3n) is 3.41. The van der Waals surface area contributed by atoms with Gasteiger partial charge in [-0.15, -0.1) is 0 Å². The molecule has 0 aliphatic heterocycles. The lowest BCUT2D eigenvalue weighted by Crippen LogP contribution is -2.16. The molecule has 17 heavy (non-hydrogen) atoms. The van der Waals surface area contributed by atoms with Crippen LogP contribution in [-0.2, 0) is 0 Å². The summed E-state index contributed by atoms with van der Waals surface area (Å²) >= 11 is 0. The first-order valence-corrected chi connectivity index (χ1v) is 7.00. The van der Waals surface area contributed by atoms with Gasteiger partial charge < -0.3 is 9.73 Å². The molecule has 0 aliphatic rings. The molecule has 1 atom stereocenters. The Hall–Kier alpha value is -0.760. The van der Waals surface area contributed by atoms with Crippen molar-refractivity contribution in [1.29, 1.82) is 0 Å². The Morgan fingerprint density at radius 2 is 1.88 bits per heavy atom. The molecule has 0 aliphatic carbocycles. The molecule has 0 fully saturated rings. The molecule has 2 nitrogen and oxygen atoms in total. The van der Waals surface area contributed by atoms with Gasteiger partial charge in [0, 0.05) is 0 Å². The maximum absolute atomic E-state index is 5.55. The van der Waals surface area contributed by atoms with Crippen LogP contribution in [0.25, 0.3) is 0 Å². The highest BCUT2D eigenvalue weighted by Gasteiger charge is 2.14. The molecular weight excluding hydrogens is 210 g/mol. The molecule has 98 valence electrons. The van der Waals surface area contributed by atoms with E-state index >= 15 is 0 Å². The summed E-state index contributed by atoms with van der Waals surface area (Å²) in [5.41, 5.74) is 1.26. The first kappa shape index (κ1) is 14.3. The quantitative estimate of drug-likeness (QED) is 0.635. The number of nitrogens with one attached hydrogen (secondary N) is 1. The van der Waals surface area contributed by atoms with Gasteiger partial charge in [0.1, 0.15) is 5.76 Å². The van der Waals surface area contributed by atoms with Crippen LogP contribution in [0.5, 0.6) is 0 Å². The van der Waals surface area contributed by atoms with Gasteiger partial charge in [-0.2, -0.15) is 0 Å². The molecule has 0 amide bonds. The summed E-state index contributed by atoms with van der Waals surface area (Å²) < 4.78 is 5.55. The van der Waals surface area contributed by atoms with E-state index in [1.807, 2.05) is 13.1 Å². The van der Waals surface area contributed by atoms with Crippen LogP contribution in [0.2, 0.25) is 0 Å². The van der Waals surface area contributed by atoms with Crippen molar-refractivity contribution in [1.82, 2.24) is 5.32 Å². The predicted molar refractivity (Wildman–Crippen MR) is 73.2 cm³/mol. The van der Waals surface area contributed by atoms with Crippen LogP contribution in [-0.4, -0.2) is 7.05 Å². The number of hydrogen-bond acceptors (Lipinski definition) is 2. The Kier molecular flexibility index (Phi) is 7.02. The summed E-state index contributed by atoms with van der Waals surface area (Å²) in [4.78, 5) is 0. The molecule has 1 aromatic heterocycles. The molecular formula is C15H27NO. The second kappa shape index (κ2) is 8.35. The Bertz CT molecular complexity index is 293. The van der Waals surface area contributed by atoms with E-state index in [0.717, 1.165) is 5.76 Å². The van der Waals surface area contributed by atoms with Crippen molar-refractivity contribution in [3.63, 3.8) is 0 Å². The third kappa shape index (κ3) is 4.95. The van der Waals surface area contributed by atoms with Gasteiger partial charge in [0.25, 0.3) is 0 Å². The molecule has 0 saturated heterocycles. The van der Waals surface area contributed by atoms with Crippen LogP contribution in [0.3, 0.4) is 0 Å². The number of rotatable bonds is 9. The summed E-state index contributed by atoms with van der Waals surface area (Å²) in [6.07, 6.45) is 11.1. The molecule has 1 unspecified atom stereocenters. The van der Waals surface area contributed by atoms with Crippen molar-refractivity contribution in [3.05, 3.63) is 23.7 Å². The Morgan fingerprint density at radius 3 is 2.47 bits per heavy atom. The highest BCUT2D eigenvalue weighted by Crippen LogP contribution is 2.23. The molecule has 0 bridgehead atoms. The molecule has 1 aromatic rings. The number of unbranched alkanes of at least 4 members (excludes halogenated alkanes) is 5. The molecule has 1 heterocycles. The third-order valence-corrected chi connectivity index (χ3v) is 3.41. The highest BCUT2D eigenvalue weighted by molar-refractivity contribution is 5.17. The fourth-order valence-electron chi connectivity index (χ4n) is 2.28. The zero-order valence-corrected chi connectivity index (χ0v) is 11.6. The van der Waals surface area contributed by atoms with E-state index in [1.54, 1.807) is 6.26 Å². The van der Waals surface area contributed by atoms with E-state index in [2.05, 4.69) is 19.2 Å². The van der Waals surface area contributed by atoms with Gasteiger partial charge in [0.15, 0.2) is 0 Å². The maximum Gasteiger partial charge on any atom is 0.123 e. The Labute approximate surface area is 106 Å². The van der Waals surface area contributed by atoms with Crippen LogP contribution in [0.15, 0.2) is 16.7 Å². The van der Waals surface area contributed by atoms with E-state index in [-0.39, 0.29) is 0 Å². The Balaban J connectivity index is 2.22. The topological polar surface area (TPSA) is 25.2 Å². The minimum atomic E-state index is 0.385. The van der Waals surface area contributed by atoms with Crippen molar-refractivity contribution < 1.29 is 4.42 Å². The van der Waals surface area contributed by atoms with Crippen LogP contribution in [0.4, 0.5) is 0 Å². The number of furan rings is 1. The lowest BCUT2D eigenvalue weighted by Gasteiger charge is -2.14. The van der Waals surface area contributed by atoms with E-state index in [1.165, 1.54) is 50.5 Å². The van der Waals surface area contributed by atoms with Crippen molar-refractivity contribution in [2.24, 2.45) is 0 Å². The summed E-state index contributed by atoms with van der Waals surface area (Å²) in [5, 5.41) is 3.35. The molecule has 0 aromatic carbocycles. The highest BCUT2D eigenvalue weighted by atomic mass is 16.3.